The first kappa shape index (κ1) is 13.3. The van der Waals surface area contributed by atoms with Crippen LogP contribution in [0.2, 0.25) is 0 Å². The molecule has 0 bridgehead atoms. The van der Waals surface area contributed by atoms with Crippen molar-refractivity contribution in [1.29, 1.82) is 0 Å². The van der Waals surface area contributed by atoms with Crippen molar-refractivity contribution in [2.24, 2.45) is 0 Å². The Morgan fingerprint density at radius 3 is 2.81 bits per heavy atom. The number of ether oxygens (including phenoxy) is 1. The van der Waals surface area contributed by atoms with Crippen molar-refractivity contribution in [3.05, 3.63) is 22.2 Å². The summed E-state index contributed by atoms with van der Waals surface area (Å²) in [6, 6.07) is 3.72. The van der Waals surface area contributed by atoms with E-state index in [1.165, 1.54) is 0 Å². The maximum atomic E-state index is 11.5. The zero-order valence-corrected chi connectivity index (χ0v) is 11.5. The minimum Gasteiger partial charge on any atom is -0.495 e. The molecule has 0 aliphatic heterocycles. The minimum atomic E-state index is -0.112. The number of halogens is 2. The highest BCUT2D eigenvalue weighted by atomic mass is 79.9. The second-order valence-corrected chi connectivity index (χ2v) is 4.58. The summed E-state index contributed by atoms with van der Waals surface area (Å²) < 4.78 is 6.12. The van der Waals surface area contributed by atoms with Crippen LogP contribution in [0.15, 0.2) is 16.6 Å². The van der Waals surface area contributed by atoms with Gasteiger partial charge in [-0.15, -0.1) is 11.6 Å². The molecule has 1 rings (SSSR count). The van der Waals surface area contributed by atoms with Crippen LogP contribution in [0, 0.1) is 6.92 Å². The Morgan fingerprint density at radius 1 is 1.56 bits per heavy atom. The van der Waals surface area contributed by atoms with Crippen molar-refractivity contribution in [1.82, 2.24) is 0 Å². The molecule has 0 spiro atoms. The molecule has 0 aromatic heterocycles. The number of rotatable bonds is 4. The molecule has 5 heteroatoms. The van der Waals surface area contributed by atoms with E-state index in [0.29, 0.717) is 23.7 Å². The smallest absolute Gasteiger partial charge is 0.225 e. The van der Waals surface area contributed by atoms with E-state index in [1.807, 2.05) is 19.1 Å². The van der Waals surface area contributed by atoms with Crippen LogP contribution in [-0.2, 0) is 4.79 Å². The van der Waals surface area contributed by atoms with Crippen LogP contribution in [0.3, 0.4) is 0 Å². The van der Waals surface area contributed by atoms with E-state index in [1.54, 1.807) is 7.11 Å². The van der Waals surface area contributed by atoms with Gasteiger partial charge in [-0.2, -0.15) is 0 Å². The lowest BCUT2D eigenvalue weighted by Crippen LogP contribution is -2.13. The predicted molar refractivity (Wildman–Crippen MR) is 69.4 cm³/mol. The Kier molecular flexibility index (Phi) is 5.09. The number of amides is 1. The van der Waals surface area contributed by atoms with Crippen LogP contribution >= 0.6 is 27.5 Å². The van der Waals surface area contributed by atoms with Crippen LogP contribution in [0.5, 0.6) is 5.75 Å². The molecular formula is C11H13BrClNO2. The monoisotopic (exact) mass is 305 g/mol. The van der Waals surface area contributed by atoms with Crippen LogP contribution in [0.25, 0.3) is 0 Å². The average molecular weight is 307 g/mol. The highest BCUT2D eigenvalue weighted by molar-refractivity contribution is 9.10. The van der Waals surface area contributed by atoms with E-state index >= 15 is 0 Å². The maximum Gasteiger partial charge on any atom is 0.225 e. The summed E-state index contributed by atoms with van der Waals surface area (Å²) in [6.45, 7) is 1.91. The van der Waals surface area contributed by atoms with Gasteiger partial charge in [0, 0.05) is 16.8 Å². The molecule has 0 fully saturated rings. The van der Waals surface area contributed by atoms with Gasteiger partial charge in [0.1, 0.15) is 5.75 Å². The number of benzene rings is 1. The van der Waals surface area contributed by atoms with Gasteiger partial charge < -0.3 is 10.1 Å². The fourth-order valence-corrected chi connectivity index (χ4v) is 2.04. The molecule has 0 radical (unpaired) electrons. The molecule has 1 aromatic rings. The number of carbonyl (C=O) groups is 1. The summed E-state index contributed by atoms with van der Waals surface area (Å²) in [6.07, 6.45) is 0.292. The SMILES string of the molecule is COc1cc(Br)cc(C)c1NC(=O)CCCl. The van der Waals surface area contributed by atoms with E-state index in [-0.39, 0.29) is 5.91 Å². The van der Waals surface area contributed by atoms with Crippen LogP contribution in [0.4, 0.5) is 5.69 Å². The Balaban J connectivity index is 2.98. The molecule has 0 unspecified atom stereocenters. The lowest BCUT2D eigenvalue weighted by molar-refractivity contribution is -0.115. The van der Waals surface area contributed by atoms with E-state index in [0.717, 1.165) is 10.0 Å². The number of carbonyl (C=O) groups excluding carboxylic acids is 1. The molecule has 0 saturated carbocycles. The second-order valence-electron chi connectivity index (χ2n) is 3.29. The average Bonchev–Trinajstić information content (AvgIpc) is 2.22. The van der Waals surface area contributed by atoms with Crippen molar-refractivity contribution in [2.45, 2.75) is 13.3 Å². The third kappa shape index (κ3) is 3.39. The fourth-order valence-electron chi connectivity index (χ4n) is 1.32. The van der Waals surface area contributed by atoms with Gasteiger partial charge in [0.25, 0.3) is 0 Å². The summed E-state index contributed by atoms with van der Waals surface area (Å²) in [4.78, 5) is 11.5. The second kappa shape index (κ2) is 6.11. The Labute approximate surface area is 108 Å². The molecule has 1 amide bonds. The van der Waals surface area contributed by atoms with Gasteiger partial charge >= 0.3 is 0 Å². The Morgan fingerprint density at radius 2 is 2.25 bits per heavy atom. The minimum absolute atomic E-state index is 0.112. The maximum absolute atomic E-state index is 11.5. The number of nitrogens with one attached hydrogen (secondary N) is 1. The quantitative estimate of drug-likeness (QED) is 0.867. The molecule has 1 aromatic carbocycles. The number of anilines is 1. The fraction of sp³-hybridized carbons (Fsp3) is 0.364. The van der Waals surface area contributed by atoms with Crippen LogP contribution in [0.1, 0.15) is 12.0 Å². The van der Waals surface area contributed by atoms with Gasteiger partial charge in [-0.25, -0.2) is 0 Å². The first-order chi connectivity index (χ1) is 7.58. The third-order valence-electron chi connectivity index (χ3n) is 2.07. The van der Waals surface area contributed by atoms with E-state index < -0.39 is 0 Å². The first-order valence-corrected chi connectivity index (χ1v) is 6.11. The molecule has 0 heterocycles. The molecule has 16 heavy (non-hydrogen) atoms. The Bertz CT molecular complexity index is 396. The first-order valence-electron chi connectivity index (χ1n) is 4.78. The van der Waals surface area contributed by atoms with Crippen molar-refractivity contribution >= 4 is 39.1 Å². The van der Waals surface area contributed by atoms with Crippen molar-refractivity contribution in [2.75, 3.05) is 18.3 Å². The molecule has 1 N–H and O–H groups in total. The summed E-state index contributed by atoms with van der Waals surface area (Å²) in [7, 11) is 1.57. The normalized spacial score (nSPS) is 10.0. The van der Waals surface area contributed by atoms with Crippen molar-refractivity contribution in [3.8, 4) is 5.75 Å². The van der Waals surface area contributed by atoms with Gasteiger partial charge in [0.2, 0.25) is 5.91 Å². The van der Waals surface area contributed by atoms with Crippen molar-refractivity contribution in [3.63, 3.8) is 0 Å². The molecule has 0 aliphatic carbocycles. The highest BCUT2D eigenvalue weighted by Gasteiger charge is 2.11. The number of methoxy groups -OCH3 is 1. The molecule has 0 aliphatic rings. The third-order valence-corrected chi connectivity index (χ3v) is 2.72. The topological polar surface area (TPSA) is 38.3 Å². The van der Waals surface area contributed by atoms with E-state index in [2.05, 4.69) is 21.2 Å². The number of aryl methyl sites for hydroxylation is 1. The predicted octanol–water partition coefficient (Wildman–Crippen LogP) is 3.33. The number of hydrogen-bond acceptors (Lipinski definition) is 2. The largest absolute Gasteiger partial charge is 0.495 e. The molecule has 0 saturated heterocycles. The van der Waals surface area contributed by atoms with Gasteiger partial charge in [-0.3, -0.25) is 4.79 Å². The molecule has 3 nitrogen and oxygen atoms in total. The Hall–Kier alpha value is -0.740. The van der Waals surface area contributed by atoms with Crippen LogP contribution in [-0.4, -0.2) is 18.9 Å². The van der Waals surface area contributed by atoms with Crippen molar-refractivity contribution < 1.29 is 9.53 Å². The summed E-state index contributed by atoms with van der Waals surface area (Å²) >= 11 is 8.87. The van der Waals surface area contributed by atoms with Gasteiger partial charge in [0.05, 0.1) is 12.8 Å². The zero-order valence-electron chi connectivity index (χ0n) is 9.14. The van der Waals surface area contributed by atoms with E-state index in [4.69, 9.17) is 16.3 Å². The van der Waals surface area contributed by atoms with Gasteiger partial charge in [-0.1, -0.05) is 15.9 Å². The molecule has 0 atom stereocenters. The lowest BCUT2D eigenvalue weighted by atomic mass is 10.2. The molecule has 88 valence electrons. The van der Waals surface area contributed by atoms with Crippen LogP contribution < -0.4 is 10.1 Å². The summed E-state index contributed by atoms with van der Waals surface area (Å²) in [5.41, 5.74) is 1.63. The van der Waals surface area contributed by atoms with Gasteiger partial charge in [-0.05, 0) is 24.6 Å². The number of hydrogen-bond donors (Lipinski definition) is 1. The highest BCUT2D eigenvalue weighted by Crippen LogP contribution is 2.32. The summed E-state index contributed by atoms with van der Waals surface area (Å²) in [5, 5.41) is 2.79. The lowest BCUT2D eigenvalue weighted by Gasteiger charge is -2.13. The summed E-state index contributed by atoms with van der Waals surface area (Å²) in [5.74, 6) is 0.831. The number of alkyl halides is 1. The zero-order chi connectivity index (χ0) is 12.1. The van der Waals surface area contributed by atoms with E-state index in [9.17, 15) is 4.79 Å². The molecular weight excluding hydrogens is 293 g/mol. The van der Waals surface area contributed by atoms with Gasteiger partial charge in [0.15, 0.2) is 0 Å². The standard InChI is InChI=1S/C11H13BrClNO2/c1-7-5-8(12)6-9(16-2)11(7)14-10(15)3-4-13/h5-6H,3-4H2,1-2H3,(H,14,15).